The van der Waals surface area contributed by atoms with Crippen molar-refractivity contribution in [3.8, 4) is 0 Å². The maximum atomic E-state index is 12.2. The molecule has 0 saturated heterocycles. The number of hydrogen-bond donors (Lipinski definition) is 2. The summed E-state index contributed by atoms with van der Waals surface area (Å²) >= 11 is 3.21. The van der Waals surface area contributed by atoms with Crippen LogP contribution in [0.5, 0.6) is 0 Å². The first-order valence-electron chi connectivity index (χ1n) is 5.57. The SMILES string of the molecule is NC(=O)c1ccccc1NS(=O)(=O)c1cccc(Br)c1. The predicted octanol–water partition coefficient (Wildman–Crippen LogP) is 2.35. The molecular weight excluding hydrogens is 344 g/mol. The summed E-state index contributed by atoms with van der Waals surface area (Å²) in [5.41, 5.74) is 5.48. The van der Waals surface area contributed by atoms with Gasteiger partial charge in [-0.2, -0.15) is 0 Å². The van der Waals surface area contributed by atoms with Crippen molar-refractivity contribution in [1.82, 2.24) is 0 Å². The summed E-state index contributed by atoms with van der Waals surface area (Å²) in [4.78, 5) is 11.4. The first kappa shape index (κ1) is 14.5. The minimum absolute atomic E-state index is 0.0890. The van der Waals surface area contributed by atoms with Gasteiger partial charge in [-0.3, -0.25) is 9.52 Å². The molecule has 7 heteroatoms. The second kappa shape index (κ2) is 5.64. The molecule has 5 nitrogen and oxygen atoms in total. The number of amides is 1. The number of benzene rings is 2. The molecule has 0 radical (unpaired) electrons. The highest BCUT2D eigenvalue weighted by atomic mass is 79.9. The van der Waals surface area contributed by atoms with Crippen LogP contribution >= 0.6 is 15.9 Å². The lowest BCUT2D eigenvalue weighted by Crippen LogP contribution is -2.18. The van der Waals surface area contributed by atoms with Crippen molar-refractivity contribution in [2.45, 2.75) is 4.90 Å². The molecule has 20 heavy (non-hydrogen) atoms. The molecular formula is C13H11BrN2O3S. The number of primary amides is 1. The Kier molecular flexibility index (Phi) is 4.10. The van der Waals surface area contributed by atoms with Crippen LogP contribution in [0.1, 0.15) is 10.4 Å². The molecule has 2 aromatic rings. The minimum atomic E-state index is -3.78. The van der Waals surface area contributed by atoms with E-state index in [1.807, 2.05) is 0 Å². The molecule has 0 heterocycles. The van der Waals surface area contributed by atoms with Crippen LogP contribution in [-0.2, 0) is 10.0 Å². The van der Waals surface area contributed by atoms with Gasteiger partial charge in [-0.25, -0.2) is 8.42 Å². The van der Waals surface area contributed by atoms with E-state index in [-0.39, 0.29) is 16.1 Å². The fourth-order valence-corrected chi connectivity index (χ4v) is 3.30. The van der Waals surface area contributed by atoms with E-state index in [9.17, 15) is 13.2 Å². The molecule has 0 bridgehead atoms. The number of nitrogens with two attached hydrogens (primary N) is 1. The highest BCUT2D eigenvalue weighted by molar-refractivity contribution is 9.10. The van der Waals surface area contributed by atoms with Crippen LogP contribution in [0, 0.1) is 0 Å². The maximum absolute atomic E-state index is 12.2. The largest absolute Gasteiger partial charge is 0.366 e. The molecule has 0 aromatic heterocycles. The van der Waals surface area contributed by atoms with E-state index in [2.05, 4.69) is 20.7 Å². The number of para-hydroxylation sites is 1. The van der Waals surface area contributed by atoms with Crippen molar-refractivity contribution in [1.29, 1.82) is 0 Å². The van der Waals surface area contributed by atoms with Crippen LogP contribution in [0.3, 0.4) is 0 Å². The van der Waals surface area contributed by atoms with Gasteiger partial charge in [0.05, 0.1) is 16.1 Å². The summed E-state index contributed by atoms with van der Waals surface area (Å²) in [6.45, 7) is 0. The number of halogens is 1. The van der Waals surface area contributed by atoms with Gasteiger partial charge in [0.2, 0.25) is 0 Å². The van der Waals surface area contributed by atoms with Crippen LogP contribution in [0.4, 0.5) is 5.69 Å². The molecule has 0 aliphatic carbocycles. The van der Waals surface area contributed by atoms with E-state index in [1.54, 1.807) is 24.3 Å². The van der Waals surface area contributed by atoms with Crippen molar-refractivity contribution in [3.05, 3.63) is 58.6 Å². The van der Waals surface area contributed by atoms with Gasteiger partial charge in [-0.15, -0.1) is 0 Å². The van der Waals surface area contributed by atoms with Gasteiger partial charge in [-0.1, -0.05) is 34.1 Å². The highest BCUT2D eigenvalue weighted by Crippen LogP contribution is 2.21. The van der Waals surface area contributed by atoms with E-state index in [0.717, 1.165) is 0 Å². The Morgan fingerprint density at radius 2 is 1.80 bits per heavy atom. The quantitative estimate of drug-likeness (QED) is 0.882. The zero-order chi connectivity index (χ0) is 14.8. The molecule has 0 spiro atoms. The molecule has 0 aliphatic heterocycles. The smallest absolute Gasteiger partial charge is 0.261 e. The molecule has 2 rings (SSSR count). The number of carbonyl (C=O) groups is 1. The van der Waals surface area contributed by atoms with E-state index in [4.69, 9.17) is 5.73 Å². The Morgan fingerprint density at radius 3 is 2.45 bits per heavy atom. The summed E-state index contributed by atoms with van der Waals surface area (Å²) in [6.07, 6.45) is 0. The third kappa shape index (κ3) is 3.17. The van der Waals surface area contributed by atoms with Gasteiger partial charge >= 0.3 is 0 Å². The average molecular weight is 355 g/mol. The van der Waals surface area contributed by atoms with Crippen molar-refractivity contribution in [3.63, 3.8) is 0 Å². The Labute approximate surface area is 125 Å². The summed E-state index contributed by atoms with van der Waals surface area (Å²) in [7, 11) is -3.78. The van der Waals surface area contributed by atoms with Gasteiger partial charge in [0.15, 0.2) is 0 Å². The van der Waals surface area contributed by atoms with Crippen LogP contribution in [-0.4, -0.2) is 14.3 Å². The van der Waals surface area contributed by atoms with Crippen LogP contribution in [0.15, 0.2) is 57.9 Å². The molecule has 2 aromatic carbocycles. The molecule has 0 aliphatic rings. The first-order chi connectivity index (χ1) is 9.40. The van der Waals surface area contributed by atoms with Crippen molar-refractivity contribution in [2.24, 2.45) is 5.73 Å². The van der Waals surface area contributed by atoms with Gasteiger partial charge < -0.3 is 5.73 Å². The van der Waals surface area contributed by atoms with Gasteiger partial charge in [-0.05, 0) is 30.3 Å². The fourth-order valence-electron chi connectivity index (χ4n) is 1.62. The molecule has 0 saturated carbocycles. The number of sulfonamides is 1. The standard InChI is InChI=1S/C13H11BrN2O3S/c14-9-4-3-5-10(8-9)20(18,19)16-12-7-2-1-6-11(12)13(15)17/h1-8,16H,(H2,15,17). The van der Waals surface area contributed by atoms with Crippen LogP contribution < -0.4 is 10.5 Å². The van der Waals surface area contributed by atoms with Gasteiger partial charge in [0.25, 0.3) is 15.9 Å². The third-order valence-electron chi connectivity index (χ3n) is 2.54. The van der Waals surface area contributed by atoms with E-state index >= 15 is 0 Å². The normalized spacial score (nSPS) is 11.1. The number of nitrogens with one attached hydrogen (secondary N) is 1. The lowest BCUT2D eigenvalue weighted by molar-refractivity contribution is 0.100. The van der Waals surface area contributed by atoms with Gasteiger partial charge in [0, 0.05) is 4.47 Å². The minimum Gasteiger partial charge on any atom is -0.366 e. The topological polar surface area (TPSA) is 89.3 Å². The molecule has 104 valence electrons. The Balaban J connectivity index is 2.41. The summed E-state index contributed by atoms with van der Waals surface area (Å²) < 4.78 is 27.5. The zero-order valence-electron chi connectivity index (χ0n) is 10.2. The highest BCUT2D eigenvalue weighted by Gasteiger charge is 2.17. The third-order valence-corrected chi connectivity index (χ3v) is 4.40. The van der Waals surface area contributed by atoms with Crippen molar-refractivity contribution >= 4 is 37.5 Å². The fraction of sp³-hybridized carbons (Fsp3) is 0. The lowest BCUT2D eigenvalue weighted by Gasteiger charge is -2.11. The van der Waals surface area contributed by atoms with Crippen LogP contribution in [0.2, 0.25) is 0 Å². The molecule has 0 atom stereocenters. The Morgan fingerprint density at radius 1 is 1.10 bits per heavy atom. The van der Waals surface area contributed by atoms with E-state index in [0.29, 0.717) is 4.47 Å². The predicted molar refractivity (Wildman–Crippen MR) is 79.9 cm³/mol. The van der Waals surface area contributed by atoms with Crippen molar-refractivity contribution < 1.29 is 13.2 Å². The molecule has 3 N–H and O–H groups in total. The monoisotopic (exact) mass is 354 g/mol. The van der Waals surface area contributed by atoms with E-state index < -0.39 is 15.9 Å². The lowest BCUT2D eigenvalue weighted by atomic mass is 10.2. The molecule has 1 amide bonds. The second-order valence-electron chi connectivity index (χ2n) is 3.97. The number of hydrogen-bond acceptors (Lipinski definition) is 3. The number of rotatable bonds is 4. The summed E-state index contributed by atoms with van der Waals surface area (Å²) in [6, 6.07) is 12.4. The van der Waals surface area contributed by atoms with Crippen molar-refractivity contribution in [2.75, 3.05) is 4.72 Å². The average Bonchev–Trinajstić information content (AvgIpc) is 2.38. The van der Waals surface area contributed by atoms with E-state index in [1.165, 1.54) is 24.3 Å². The number of anilines is 1. The number of carbonyl (C=O) groups excluding carboxylic acids is 1. The Hall–Kier alpha value is -1.86. The van der Waals surface area contributed by atoms with Gasteiger partial charge in [0.1, 0.15) is 0 Å². The Bertz CT molecular complexity index is 760. The molecule has 0 unspecified atom stereocenters. The molecule has 0 fully saturated rings. The maximum Gasteiger partial charge on any atom is 0.261 e. The summed E-state index contributed by atoms with van der Waals surface area (Å²) in [5.74, 6) is -0.697. The zero-order valence-corrected chi connectivity index (χ0v) is 12.6. The first-order valence-corrected chi connectivity index (χ1v) is 7.85. The summed E-state index contributed by atoms with van der Waals surface area (Å²) in [5, 5.41) is 0. The second-order valence-corrected chi connectivity index (χ2v) is 6.57. The van der Waals surface area contributed by atoms with Crippen LogP contribution in [0.25, 0.3) is 0 Å².